The SMILES string of the molecule is CN(CC(=O)Nc1ccc(N2CCOCC2)cc1)C(=O)c1occc1CS(=O)(=O)c1ccccc1. The molecule has 0 bridgehead atoms. The van der Waals surface area contributed by atoms with Crippen LogP contribution in [0.15, 0.2) is 76.2 Å². The first kappa shape index (κ1) is 24.5. The maximum atomic E-state index is 12.9. The van der Waals surface area contributed by atoms with Crippen molar-refractivity contribution in [3.05, 3.63) is 78.3 Å². The average Bonchev–Trinajstić information content (AvgIpc) is 3.32. The van der Waals surface area contributed by atoms with Gasteiger partial charge in [-0.05, 0) is 42.5 Å². The van der Waals surface area contributed by atoms with Crippen molar-refractivity contribution in [3.63, 3.8) is 0 Å². The van der Waals surface area contributed by atoms with E-state index in [-0.39, 0.29) is 34.4 Å². The smallest absolute Gasteiger partial charge is 0.290 e. The zero-order valence-electron chi connectivity index (χ0n) is 19.3. The van der Waals surface area contributed by atoms with Crippen LogP contribution in [0, 0.1) is 0 Å². The zero-order chi connectivity index (χ0) is 24.8. The van der Waals surface area contributed by atoms with Crippen molar-refractivity contribution in [3.8, 4) is 0 Å². The Kier molecular flexibility index (Phi) is 7.52. The lowest BCUT2D eigenvalue weighted by molar-refractivity contribution is -0.116. The largest absolute Gasteiger partial charge is 0.459 e. The number of sulfone groups is 1. The number of nitrogens with one attached hydrogen (secondary N) is 1. The van der Waals surface area contributed by atoms with Crippen LogP contribution in [0.3, 0.4) is 0 Å². The highest BCUT2D eigenvalue weighted by Gasteiger charge is 2.25. The molecule has 9 nitrogen and oxygen atoms in total. The highest BCUT2D eigenvalue weighted by Crippen LogP contribution is 2.22. The van der Waals surface area contributed by atoms with Gasteiger partial charge in [0.2, 0.25) is 5.91 Å². The van der Waals surface area contributed by atoms with Gasteiger partial charge in [-0.1, -0.05) is 18.2 Å². The van der Waals surface area contributed by atoms with Crippen molar-refractivity contribution in [2.45, 2.75) is 10.6 Å². The predicted octanol–water partition coefficient (Wildman–Crippen LogP) is 2.80. The lowest BCUT2D eigenvalue weighted by Gasteiger charge is -2.28. The number of nitrogens with zero attached hydrogens (tertiary/aromatic N) is 2. The van der Waals surface area contributed by atoms with E-state index in [4.69, 9.17) is 9.15 Å². The number of likely N-dealkylation sites (N-methyl/N-ethyl adjacent to an activating group) is 1. The molecular formula is C25H27N3O6S. The molecule has 0 unspecified atom stereocenters. The summed E-state index contributed by atoms with van der Waals surface area (Å²) in [5, 5.41) is 2.77. The van der Waals surface area contributed by atoms with Crippen molar-refractivity contribution in [1.82, 2.24) is 4.90 Å². The molecule has 35 heavy (non-hydrogen) atoms. The van der Waals surface area contributed by atoms with Gasteiger partial charge >= 0.3 is 0 Å². The molecule has 1 fully saturated rings. The van der Waals surface area contributed by atoms with Gasteiger partial charge in [-0.2, -0.15) is 0 Å². The van der Waals surface area contributed by atoms with E-state index in [0.29, 0.717) is 18.9 Å². The van der Waals surface area contributed by atoms with Crippen molar-refractivity contribution in [2.75, 3.05) is 50.1 Å². The van der Waals surface area contributed by atoms with Crippen molar-refractivity contribution >= 4 is 33.0 Å². The molecule has 1 aliphatic heterocycles. The van der Waals surface area contributed by atoms with E-state index < -0.39 is 15.7 Å². The molecule has 1 aromatic heterocycles. The van der Waals surface area contributed by atoms with E-state index in [9.17, 15) is 18.0 Å². The van der Waals surface area contributed by atoms with Gasteiger partial charge in [-0.25, -0.2) is 8.42 Å². The highest BCUT2D eigenvalue weighted by molar-refractivity contribution is 7.90. The predicted molar refractivity (Wildman–Crippen MR) is 131 cm³/mol. The van der Waals surface area contributed by atoms with Crippen molar-refractivity contribution < 1.29 is 27.2 Å². The second-order valence-corrected chi connectivity index (χ2v) is 10.2. The molecular weight excluding hydrogens is 470 g/mol. The van der Waals surface area contributed by atoms with Crippen molar-refractivity contribution in [2.24, 2.45) is 0 Å². The van der Waals surface area contributed by atoms with Crippen LogP contribution in [-0.4, -0.2) is 65.0 Å². The first-order valence-electron chi connectivity index (χ1n) is 11.2. The van der Waals surface area contributed by atoms with Gasteiger partial charge in [0.25, 0.3) is 5.91 Å². The van der Waals surface area contributed by atoms with Gasteiger partial charge in [0.15, 0.2) is 15.6 Å². The Morgan fingerprint density at radius 2 is 1.69 bits per heavy atom. The van der Waals surface area contributed by atoms with Gasteiger partial charge in [-0.15, -0.1) is 0 Å². The summed E-state index contributed by atoms with van der Waals surface area (Å²) in [7, 11) is -2.20. The molecule has 4 rings (SSSR count). The minimum atomic E-state index is -3.66. The fraction of sp³-hybridized carbons (Fsp3) is 0.280. The lowest BCUT2D eigenvalue weighted by atomic mass is 10.2. The fourth-order valence-electron chi connectivity index (χ4n) is 3.79. The summed E-state index contributed by atoms with van der Waals surface area (Å²) in [4.78, 5) is 29.0. The molecule has 0 atom stereocenters. The number of amides is 2. The Balaban J connectivity index is 1.35. The molecule has 2 amide bonds. The number of hydrogen-bond acceptors (Lipinski definition) is 7. The van der Waals surface area contributed by atoms with Gasteiger partial charge in [0.05, 0.1) is 36.7 Å². The third-order valence-corrected chi connectivity index (χ3v) is 7.33. The van der Waals surface area contributed by atoms with Gasteiger partial charge in [0, 0.05) is 37.1 Å². The Bertz CT molecular complexity index is 1270. The van der Waals surface area contributed by atoms with Crippen molar-refractivity contribution in [1.29, 1.82) is 0 Å². The highest BCUT2D eigenvalue weighted by atomic mass is 32.2. The van der Waals surface area contributed by atoms with Crippen LogP contribution in [0.4, 0.5) is 11.4 Å². The number of morpholine rings is 1. The Labute approximate surface area is 204 Å². The number of carbonyl (C=O) groups is 2. The number of furan rings is 1. The minimum Gasteiger partial charge on any atom is -0.459 e. The first-order chi connectivity index (χ1) is 16.8. The molecule has 1 saturated heterocycles. The number of rotatable bonds is 8. The van der Waals surface area contributed by atoms with E-state index in [1.165, 1.54) is 36.4 Å². The zero-order valence-corrected chi connectivity index (χ0v) is 20.2. The first-order valence-corrected chi connectivity index (χ1v) is 12.8. The van der Waals surface area contributed by atoms with Crippen LogP contribution in [-0.2, 0) is 25.1 Å². The van der Waals surface area contributed by atoms with E-state index in [1.54, 1.807) is 18.2 Å². The van der Waals surface area contributed by atoms with Crippen LogP contribution in [0.5, 0.6) is 0 Å². The molecule has 184 valence electrons. The normalized spacial score (nSPS) is 13.9. The monoisotopic (exact) mass is 497 g/mol. The number of carbonyl (C=O) groups excluding carboxylic acids is 2. The van der Waals surface area contributed by atoms with Crippen LogP contribution in [0.1, 0.15) is 16.1 Å². The minimum absolute atomic E-state index is 0.102. The second-order valence-electron chi connectivity index (χ2n) is 8.20. The quantitative estimate of drug-likeness (QED) is 0.510. The van der Waals surface area contributed by atoms with Crippen LogP contribution in [0.25, 0.3) is 0 Å². The topological polar surface area (TPSA) is 109 Å². The summed E-state index contributed by atoms with van der Waals surface area (Å²) in [6.45, 7) is 2.79. The van der Waals surface area contributed by atoms with Gasteiger partial charge in [0.1, 0.15) is 0 Å². The summed E-state index contributed by atoms with van der Waals surface area (Å²) >= 11 is 0. The number of benzene rings is 2. The maximum absolute atomic E-state index is 12.9. The van der Waals surface area contributed by atoms with E-state index in [2.05, 4.69) is 10.2 Å². The second kappa shape index (κ2) is 10.7. The summed E-state index contributed by atoms with van der Waals surface area (Å²) in [6, 6.07) is 16.9. The van der Waals surface area contributed by atoms with Crippen LogP contribution >= 0.6 is 0 Å². The molecule has 2 heterocycles. The molecule has 2 aromatic carbocycles. The van der Waals surface area contributed by atoms with Gasteiger partial charge < -0.3 is 24.3 Å². The fourth-order valence-corrected chi connectivity index (χ4v) is 5.17. The Hall–Kier alpha value is -3.63. The molecule has 3 aromatic rings. The molecule has 0 saturated carbocycles. The molecule has 0 aliphatic carbocycles. The van der Waals surface area contributed by atoms with Gasteiger partial charge in [-0.3, -0.25) is 9.59 Å². The standard InChI is InChI=1S/C25H27N3O6S/c1-27(17-23(29)26-20-7-9-21(10-8-20)28-12-15-33-16-13-28)25(30)24-19(11-14-34-24)18-35(31,32)22-5-3-2-4-6-22/h2-11,14H,12-13,15-18H2,1H3,(H,26,29). The summed E-state index contributed by atoms with van der Waals surface area (Å²) in [5.41, 5.74) is 1.90. The van der Waals surface area contributed by atoms with Crippen LogP contribution < -0.4 is 10.2 Å². The van der Waals surface area contributed by atoms with Crippen LogP contribution in [0.2, 0.25) is 0 Å². The third kappa shape index (κ3) is 6.09. The number of hydrogen-bond donors (Lipinski definition) is 1. The summed E-state index contributed by atoms with van der Waals surface area (Å²) in [5.74, 6) is -1.45. The van der Waals surface area contributed by atoms with E-state index in [0.717, 1.165) is 18.8 Å². The molecule has 0 spiro atoms. The summed E-state index contributed by atoms with van der Waals surface area (Å²) in [6.07, 6.45) is 1.27. The van der Waals surface area contributed by atoms with E-state index in [1.807, 2.05) is 24.3 Å². The van der Waals surface area contributed by atoms with E-state index >= 15 is 0 Å². The number of anilines is 2. The summed E-state index contributed by atoms with van der Waals surface area (Å²) < 4.78 is 36.1. The number of ether oxygens (including phenoxy) is 1. The average molecular weight is 498 g/mol. The molecule has 1 N–H and O–H groups in total. The molecule has 10 heteroatoms. The Morgan fingerprint density at radius 3 is 2.37 bits per heavy atom. The Morgan fingerprint density at radius 1 is 1.00 bits per heavy atom. The molecule has 1 aliphatic rings. The lowest BCUT2D eigenvalue weighted by Crippen LogP contribution is -2.36. The molecule has 0 radical (unpaired) electrons. The maximum Gasteiger partial charge on any atom is 0.290 e. The third-order valence-electron chi connectivity index (χ3n) is 5.64.